The van der Waals surface area contributed by atoms with Gasteiger partial charge in [0.2, 0.25) is 5.91 Å². The van der Waals surface area contributed by atoms with Gasteiger partial charge in [-0.25, -0.2) is 4.79 Å². The molecular weight excluding hydrogens is 366 g/mol. The van der Waals surface area contributed by atoms with Crippen molar-refractivity contribution in [1.82, 2.24) is 15.5 Å². The molecule has 29 heavy (non-hydrogen) atoms. The summed E-state index contributed by atoms with van der Waals surface area (Å²) in [5.74, 6) is 0.818. The van der Waals surface area contributed by atoms with Crippen molar-refractivity contribution in [3.63, 3.8) is 0 Å². The number of piperidine rings is 1. The smallest absolute Gasteiger partial charge is 0.407 e. The first kappa shape index (κ1) is 23.2. The van der Waals surface area contributed by atoms with E-state index in [0.29, 0.717) is 24.9 Å². The Balaban J connectivity index is 1.73. The maximum Gasteiger partial charge on any atom is 0.407 e. The molecule has 0 radical (unpaired) electrons. The van der Waals surface area contributed by atoms with Crippen LogP contribution >= 0.6 is 0 Å². The van der Waals surface area contributed by atoms with E-state index in [1.54, 1.807) is 0 Å². The summed E-state index contributed by atoms with van der Waals surface area (Å²) in [5, 5.41) is 6.06. The van der Waals surface area contributed by atoms with Crippen molar-refractivity contribution >= 4 is 12.0 Å². The van der Waals surface area contributed by atoms with Crippen molar-refractivity contribution < 1.29 is 14.3 Å². The number of nitrogens with zero attached hydrogens (tertiary/aromatic N) is 1. The van der Waals surface area contributed by atoms with Crippen LogP contribution in [-0.4, -0.2) is 48.7 Å². The van der Waals surface area contributed by atoms with Gasteiger partial charge >= 0.3 is 6.09 Å². The molecule has 2 amide bonds. The van der Waals surface area contributed by atoms with Gasteiger partial charge in [-0.15, -0.1) is 0 Å². The number of alkyl carbamates (subject to hydrolysis) is 1. The summed E-state index contributed by atoms with van der Waals surface area (Å²) in [5.41, 5.74) is 0.664. The van der Waals surface area contributed by atoms with Crippen LogP contribution in [0.25, 0.3) is 0 Å². The summed E-state index contributed by atoms with van der Waals surface area (Å²) in [7, 11) is 0. The first-order chi connectivity index (χ1) is 13.6. The zero-order valence-corrected chi connectivity index (χ0v) is 18.5. The number of carbonyl (C=O) groups is 2. The van der Waals surface area contributed by atoms with Gasteiger partial charge in [-0.3, -0.25) is 9.69 Å². The normalized spacial score (nSPS) is 17.0. The predicted molar refractivity (Wildman–Crippen MR) is 116 cm³/mol. The Bertz CT molecular complexity index is 647. The molecule has 1 aliphatic rings. The van der Waals surface area contributed by atoms with E-state index < -0.39 is 5.60 Å². The monoisotopic (exact) mass is 403 g/mol. The molecule has 1 atom stereocenters. The highest BCUT2D eigenvalue weighted by Gasteiger charge is 2.24. The van der Waals surface area contributed by atoms with Crippen LogP contribution in [0.2, 0.25) is 0 Å². The van der Waals surface area contributed by atoms with E-state index in [0.717, 1.165) is 31.5 Å². The average molecular weight is 404 g/mol. The van der Waals surface area contributed by atoms with Gasteiger partial charge in [0.25, 0.3) is 0 Å². The first-order valence-corrected chi connectivity index (χ1v) is 10.7. The largest absolute Gasteiger partial charge is 0.444 e. The molecule has 0 aromatic heterocycles. The number of ether oxygens (including phenoxy) is 1. The second kappa shape index (κ2) is 10.6. The van der Waals surface area contributed by atoms with Crippen molar-refractivity contribution in [3.8, 4) is 0 Å². The quantitative estimate of drug-likeness (QED) is 0.728. The molecule has 0 saturated carbocycles. The maximum atomic E-state index is 12.6. The van der Waals surface area contributed by atoms with Crippen LogP contribution in [0.4, 0.5) is 4.79 Å². The average Bonchev–Trinajstić information content (AvgIpc) is 2.64. The fourth-order valence-electron chi connectivity index (χ4n) is 3.61. The van der Waals surface area contributed by atoms with Gasteiger partial charge in [0.05, 0.1) is 12.6 Å². The Labute approximate surface area is 175 Å². The lowest BCUT2D eigenvalue weighted by atomic mass is 9.95. The standard InChI is InChI=1S/C23H37N3O3/c1-17(2)21(19-9-7-6-8-10-19)25-20(27)16-26-13-11-18(12-14-26)15-24-22(28)29-23(3,4)5/h6-10,17-18,21H,11-16H2,1-5H3,(H,24,28)(H,25,27)/t21-/m0/s1. The van der Waals surface area contributed by atoms with E-state index >= 15 is 0 Å². The highest BCUT2D eigenvalue weighted by molar-refractivity contribution is 5.78. The lowest BCUT2D eigenvalue weighted by Gasteiger charge is -2.32. The van der Waals surface area contributed by atoms with Crippen molar-refractivity contribution in [3.05, 3.63) is 35.9 Å². The summed E-state index contributed by atoms with van der Waals surface area (Å²) in [6.07, 6.45) is 1.57. The molecule has 1 saturated heterocycles. The van der Waals surface area contributed by atoms with Crippen LogP contribution in [0, 0.1) is 11.8 Å². The number of amides is 2. The number of nitrogens with one attached hydrogen (secondary N) is 2. The Hall–Kier alpha value is -2.08. The van der Waals surface area contributed by atoms with E-state index in [4.69, 9.17) is 4.74 Å². The van der Waals surface area contributed by atoms with Gasteiger partial charge < -0.3 is 15.4 Å². The number of hydrogen-bond acceptors (Lipinski definition) is 4. The van der Waals surface area contributed by atoms with Crippen LogP contribution in [0.5, 0.6) is 0 Å². The van der Waals surface area contributed by atoms with Crippen molar-refractivity contribution in [2.24, 2.45) is 11.8 Å². The highest BCUT2D eigenvalue weighted by Crippen LogP contribution is 2.22. The second-order valence-electron chi connectivity index (χ2n) is 9.30. The van der Waals surface area contributed by atoms with E-state index in [1.165, 1.54) is 0 Å². The number of carbonyl (C=O) groups excluding carboxylic acids is 2. The number of rotatable bonds is 7. The summed E-state index contributed by atoms with van der Waals surface area (Å²) < 4.78 is 5.28. The third-order valence-electron chi connectivity index (χ3n) is 5.15. The Morgan fingerprint density at radius 2 is 1.76 bits per heavy atom. The molecule has 1 fully saturated rings. The summed E-state index contributed by atoms with van der Waals surface area (Å²) in [4.78, 5) is 26.6. The van der Waals surface area contributed by atoms with E-state index in [-0.39, 0.29) is 18.0 Å². The van der Waals surface area contributed by atoms with Gasteiger partial charge in [-0.2, -0.15) is 0 Å². The minimum atomic E-state index is -0.478. The molecule has 1 aromatic rings. The van der Waals surface area contributed by atoms with Crippen molar-refractivity contribution in [1.29, 1.82) is 0 Å². The number of benzene rings is 1. The Morgan fingerprint density at radius 1 is 1.14 bits per heavy atom. The summed E-state index contributed by atoms with van der Waals surface area (Å²) in [6, 6.07) is 10.2. The van der Waals surface area contributed by atoms with Gasteiger partial charge in [0, 0.05) is 6.54 Å². The third-order valence-corrected chi connectivity index (χ3v) is 5.15. The molecule has 0 unspecified atom stereocenters. The molecular formula is C23H37N3O3. The van der Waals surface area contributed by atoms with Crippen molar-refractivity contribution in [2.45, 2.75) is 59.1 Å². The third kappa shape index (κ3) is 8.44. The minimum Gasteiger partial charge on any atom is -0.444 e. The first-order valence-electron chi connectivity index (χ1n) is 10.7. The van der Waals surface area contributed by atoms with Crippen molar-refractivity contribution in [2.75, 3.05) is 26.2 Å². The van der Waals surface area contributed by atoms with Crippen LogP contribution in [0.3, 0.4) is 0 Å². The topological polar surface area (TPSA) is 70.7 Å². The van der Waals surface area contributed by atoms with Gasteiger partial charge in [-0.1, -0.05) is 44.2 Å². The highest BCUT2D eigenvalue weighted by atomic mass is 16.6. The van der Waals surface area contributed by atoms with Gasteiger partial charge in [0.15, 0.2) is 0 Å². The lowest BCUT2D eigenvalue weighted by Crippen LogP contribution is -2.45. The molecule has 1 aliphatic heterocycles. The predicted octanol–water partition coefficient (Wildman–Crippen LogP) is 3.74. The Kier molecular flexibility index (Phi) is 8.50. The molecule has 162 valence electrons. The molecule has 1 aromatic carbocycles. The van der Waals surface area contributed by atoms with Gasteiger partial charge in [0.1, 0.15) is 5.60 Å². The fraction of sp³-hybridized carbons (Fsp3) is 0.652. The van der Waals surface area contributed by atoms with Gasteiger partial charge in [-0.05, 0) is 64.1 Å². The Morgan fingerprint density at radius 3 is 2.31 bits per heavy atom. The van der Waals surface area contributed by atoms with Crippen LogP contribution in [0.1, 0.15) is 59.1 Å². The molecule has 0 spiro atoms. The summed E-state index contributed by atoms with van der Waals surface area (Å²) >= 11 is 0. The molecule has 0 bridgehead atoms. The minimum absolute atomic E-state index is 0.0271. The maximum absolute atomic E-state index is 12.6. The number of likely N-dealkylation sites (tertiary alicyclic amines) is 1. The zero-order chi connectivity index (χ0) is 21.4. The molecule has 1 heterocycles. The van der Waals surface area contributed by atoms with E-state index in [2.05, 4.69) is 41.5 Å². The fourth-order valence-corrected chi connectivity index (χ4v) is 3.61. The van der Waals surface area contributed by atoms with E-state index in [9.17, 15) is 9.59 Å². The molecule has 6 nitrogen and oxygen atoms in total. The van der Waals surface area contributed by atoms with Crippen LogP contribution in [0.15, 0.2) is 30.3 Å². The second-order valence-corrected chi connectivity index (χ2v) is 9.30. The summed E-state index contributed by atoms with van der Waals surface area (Å²) in [6.45, 7) is 12.6. The zero-order valence-electron chi connectivity index (χ0n) is 18.5. The van der Waals surface area contributed by atoms with Crippen LogP contribution in [-0.2, 0) is 9.53 Å². The van der Waals surface area contributed by atoms with Crippen LogP contribution < -0.4 is 10.6 Å². The SMILES string of the molecule is CC(C)[C@H](NC(=O)CN1CCC(CNC(=O)OC(C)(C)C)CC1)c1ccccc1. The lowest BCUT2D eigenvalue weighted by molar-refractivity contribution is -0.123. The number of hydrogen-bond donors (Lipinski definition) is 2. The molecule has 6 heteroatoms. The molecule has 2 rings (SSSR count). The van der Waals surface area contributed by atoms with E-state index in [1.807, 2.05) is 39.0 Å². The molecule has 2 N–H and O–H groups in total. The molecule has 0 aliphatic carbocycles.